The molecule has 21 heavy (non-hydrogen) atoms. The average molecular weight is 310 g/mol. The van der Waals surface area contributed by atoms with Gasteiger partial charge in [-0.2, -0.15) is 11.3 Å². The number of carbonyl (C=O) groups excluding carboxylic acids is 1. The number of hydrogen-bond donors (Lipinski definition) is 2. The fourth-order valence-electron chi connectivity index (χ4n) is 2.90. The lowest BCUT2D eigenvalue weighted by atomic mass is 9.97. The van der Waals surface area contributed by atoms with Crippen molar-refractivity contribution in [3.63, 3.8) is 0 Å². The fourth-order valence-corrected chi connectivity index (χ4v) is 3.69. The van der Waals surface area contributed by atoms with Gasteiger partial charge in [-0.1, -0.05) is 6.42 Å². The van der Waals surface area contributed by atoms with Gasteiger partial charge in [-0.05, 0) is 62.5 Å². The second kappa shape index (κ2) is 6.90. The highest BCUT2D eigenvalue weighted by atomic mass is 32.1. The van der Waals surface area contributed by atoms with E-state index in [9.17, 15) is 9.90 Å². The smallest absolute Gasteiger partial charge is 0.237 e. The number of nitrogens with one attached hydrogen (secondary N) is 1. The molecule has 2 N–H and O–H groups in total. The standard InChI is InChI=1S/C16H26N2O2S/c1-12(2)18-8-5-4-6-14(18)15(19)17-11-16(3,20)13-7-9-21-10-13/h7,9-10,12,14,20H,4-6,8,11H2,1-3H3,(H,17,19). The van der Waals surface area contributed by atoms with Crippen molar-refractivity contribution < 1.29 is 9.90 Å². The lowest BCUT2D eigenvalue weighted by Gasteiger charge is -2.38. The molecule has 118 valence electrons. The van der Waals surface area contributed by atoms with Crippen LogP contribution < -0.4 is 5.32 Å². The highest BCUT2D eigenvalue weighted by molar-refractivity contribution is 7.08. The summed E-state index contributed by atoms with van der Waals surface area (Å²) in [6.45, 7) is 7.25. The molecule has 1 amide bonds. The number of rotatable bonds is 5. The Balaban J connectivity index is 1.94. The third-order valence-corrected chi connectivity index (χ3v) is 4.94. The molecule has 1 aromatic rings. The lowest BCUT2D eigenvalue weighted by molar-refractivity contribution is -0.129. The Hall–Kier alpha value is -0.910. The summed E-state index contributed by atoms with van der Waals surface area (Å²) in [5.41, 5.74) is -0.148. The summed E-state index contributed by atoms with van der Waals surface area (Å²) < 4.78 is 0. The molecular weight excluding hydrogens is 284 g/mol. The number of likely N-dealkylation sites (tertiary alicyclic amines) is 1. The van der Waals surface area contributed by atoms with E-state index in [-0.39, 0.29) is 18.5 Å². The average Bonchev–Trinajstić information content (AvgIpc) is 3.00. The minimum Gasteiger partial charge on any atom is -0.384 e. The van der Waals surface area contributed by atoms with E-state index in [1.807, 2.05) is 16.8 Å². The molecule has 1 aliphatic rings. The predicted molar refractivity (Wildman–Crippen MR) is 86.4 cm³/mol. The first-order valence-electron chi connectivity index (χ1n) is 7.70. The molecule has 2 heterocycles. The largest absolute Gasteiger partial charge is 0.384 e. The molecule has 0 radical (unpaired) electrons. The van der Waals surface area contributed by atoms with Gasteiger partial charge in [0, 0.05) is 6.04 Å². The van der Waals surface area contributed by atoms with Crippen LogP contribution in [0, 0.1) is 0 Å². The minimum absolute atomic E-state index is 0.0407. The van der Waals surface area contributed by atoms with Gasteiger partial charge < -0.3 is 10.4 Å². The third-order valence-electron chi connectivity index (χ3n) is 4.26. The number of thiophene rings is 1. The van der Waals surface area contributed by atoms with Crippen molar-refractivity contribution in [1.29, 1.82) is 0 Å². The van der Waals surface area contributed by atoms with Crippen molar-refractivity contribution in [3.05, 3.63) is 22.4 Å². The van der Waals surface area contributed by atoms with Gasteiger partial charge in [-0.25, -0.2) is 0 Å². The lowest BCUT2D eigenvalue weighted by Crippen LogP contribution is -2.53. The van der Waals surface area contributed by atoms with Crippen LogP contribution in [-0.4, -0.2) is 41.1 Å². The maximum absolute atomic E-state index is 12.5. The first kappa shape index (κ1) is 16.5. The van der Waals surface area contributed by atoms with E-state index < -0.39 is 5.60 Å². The van der Waals surface area contributed by atoms with Crippen molar-refractivity contribution in [3.8, 4) is 0 Å². The highest BCUT2D eigenvalue weighted by Gasteiger charge is 2.32. The van der Waals surface area contributed by atoms with E-state index in [2.05, 4.69) is 24.1 Å². The molecule has 2 unspecified atom stereocenters. The number of piperidine rings is 1. The maximum atomic E-state index is 12.5. The van der Waals surface area contributed by atoms with Gasteiger partial charge >= 0.3 is 0 Å². The van der Waals surface area contributed by atoms with E-state index in [0.29, 0.717) is 6.04 Å². The minimum atomic E-state index is -1.01. The van der Waals surface area contributed by atoms with Crippen LogP contribution in [0.2, 0.25) is 0 Å². The van der Waals surface area contributed by atoms with Gasteiger partial charge in [0.25, 0.3) is 0 Å². The molecular formula is C16H26N2O2S. The maximum Gasteiger partial charge on any atom is 0.237 e. The number of nitrogens with zero attached hydrogens (tertiary/aromatic N) is 1. The first-order chi connectivity index (χ1) is 9.92. The molecule has 0 bridgehead atoms. The number of hydrogen-bond acceptors (Lipinski definition) is 4. The van der Waals surface area contributed by atoms with Gasteiger partial charge in [0.2, 0.25) is 5.91 Å². The Bertz CT molecular complexity index is 457. The van der Waals surface area contributed by atoms with E-state index in [0.717, 1.165) is 31.4 Å². The Labute approximate surface area is 131 Å². The SMILES string of the molecule is CC(C)N1CCCCC1C(=O)NCC(C)(O)c1ccsc1. The Kier molecular flexibility index (Phi) is 5.41. The van der Waals surface area contributed by atoms with Gasteiger partial charge in [0.15, 0.2) is 0 Å². The van der Waals surface area contributed by atoms with Crippen LogP contribution in [0.3, 0.4) is 0 Å². The van der Waals surface area contributed by atoms with Gasteiger partial charge in [0.05, 0.1) is 12.6 Å². The van der Waals surface area contributed by atoms with E-state index in [1.54, 1.807) is 18.3 Å². The Morgan fingerprint density at radius 2 is 2.33 bits per heavy atom. The van der Waals surface area contributed by atoms with E-state index >= 15 is 0 Å². The number of amides is 1. The second-order valence-corrected chi connectivity index (χ2v) is 7.13. The van der Waals surface area contributed by atoms with Crippen molar-refractivity contribution in [2.75, 3.05) is 13.1 Å². The molecule has 0 saturated carbocycles. The molecule has 1 aliphatic heterocycles. The molecule has 1 saturated heterocycles. The molecule has 0 aliphatic carbocycles. The Morgan fingerprint density at radius 3 is 2.95 bits per heavy atom. The summed E-state index contributed by atoms with van der Waals surface area (Å²) in [4.78, 5) is 14.7. The van der Waals surface area contributed by atoms with Gasteiger partial charge in [0.1, 0.15) is 5.60 Å². The quantitative estimate of drug-likeness (QED) is 0.877. The van der Waals surface area contributed by atoms with Crippen molar-refractivity contribution in [2.24, 2.45) is 0 Å². The van der Waals surface area contributed by atoms with Crippen molar-refractivity contribution >= 4 is 17.2 Å². The molecule has 2 rings (SSSR count). The first-order valence-corrected chi connectivity index (χ1v) is 8.64. The zero-order valence-electron chi connectivity index (χ0n) is 13.1. The monoisotopic (exact) mass is 310 g/mol. The van der Waals surface area contributed by atoms with Crippen LogP contribution in [0.25, 0.3) is 0 Å². The number of carbonyl (C=O) groups is 1. The summed E-state index contributed by atoms with van der Waals surface area (Å²) in [6.07, 6.45) is 3.17. The molecule has 0 aromatic carbocycles. The van der Waals surface area contributed by atoms with Crippen LogP contribution in [0.1, 0.15) is 45.6 Å². The molecule has 1 aromatic heterocycles. The molecule has 1 fully saturated rings. The van der Waals surface area contributed by atoms with E-state index in [1.165, 1.54) is 0 Å². The predicted octanol–water partition coefficient (Wildman–Crippen LogP) is 2.33. The zero-order chi connectivity index (χ0) is 15.5. The summed E-state index contributed by atoms with van der Waals surface area (Å²) in [6, 6.07) is 2.22. The summed E-state index contributed by atoms with van der Waals surface area (Å²) in [5, 5.41) is 17.3. The van der Waals surface area contributed by atoms with Crippen molar-refractivity contribution in [2.45, 2.75) is 57.7 Å². The van der Waals surface area contributed by atoms with Crippen LogP contribution >= 0.6 is 11.3 Å². The van der Waals surface area contributed by atoms with Crippen LogP contribution in [0.15, 0.2) is 16.8 Å². The van der Waals surface area contributed by atoms with Crippen LogP contribution in [0.4, 0.5) is 0 Å². The normalized spacial score (nSPS) is 23.0. The van der Waals surface area contributed by atoms with Crippen LogP contribution in [0.5, 0.6) is 0 Å². The highest BCUT2D eigenvalue weighted by Crippen LogP contribution is 2.23. The topological polar surface area (TPSA) is 52.6 Å². The second-order valence-electron chi connectivity index (χ2n) is 6.35. The molecule has 4 nitrogen and oxygen atoms in total. The van der Waals surface area contributed by atoms with Crippen LogP contribution in [-0.2, 0) is 10.4 Å². The summed E-state index contributed by atoms with van der Waals surface area (Å²) >= 11 is 1.55. The van der Waals surface area contributed by atoms with Gasteiger partial charge in [-0.15, -0.1) is 0 Å². The van der Waals surface area contributed by atoms with E-state index in [4.69, 9.17) is 0 Å². The Morgan fingerprint density at radius 1 is 1.57 bits per heavy atom. The fraction of sp³-hybridized carbons (Fsp3) is 0.688. The summed E-state index contributed by atoms with van der Waals surface area (Å²) in [7, 11) is 0. The molecule has 2 atom stereocenters. The third kappa shape index (κ3) is 4.05. The molecule has 0 spiro atoms. The molecule has 5 heteroatoms. The zero-order valence-corrected chi connectivity index (χ0v) is 13.9. The number of aliphatic hydroxyl groups is 1. The summed E-state index contributed by atoms with van der Waals surface area (Å²) in [5.74, 6) is 0.0407. The van der Waals surface area contributed by atoms with Crippen molar-refractivity contribution in [1.82, 2.24) is 10.2 Å². The van der Waals surface area contributed by atoms with Gasteiger partial charge in [-0.3, -0.25) is 9.69 Å².